The number of hydrogen-bond acceptors (Lipinski definition) is 9. The molecule has 9 aromatic carbocycles. The van der Waals surface area contributed by atoms with Crippen molar-refractivity contribution in [1.82, 2.24) is 34.7 Å². The Hall–Kier alpha value is -11.0. The molecule has 0 aliphatic carbocycles. The summed E-state index contributed by atoms with van der Waals surface area (Å²) in [6, 6.07) is 97.6. The fourth-order valence-electron chi connectivity index (χ4n) is 11.0. The van der Waals surface area contributed by atoms with Crippen LogP contribution in [0.15, 0.2) is 284 Å². The third kappa shape index (κ3) is 20.0. The molecule has 104 heavy (non-hydrogen) atoms. The van der Waals surface area contributed by atoms with Gasteiger partial charge in [0, 0.05) is 133 Å². The van der Waals surface area contributed by atoms with Crippen molar-refractivity contribution < 1.29 is 94.3 Å². The number of ether oxygens (including phenoxy) is 2. The van der Waals surface area contributed by atoms with Crippen LogP contribution in [0.25, 0.3) is 118 Å². The molecule has 0 unspecified atom stereocenters. The molecule has 0 atom stereocenters. The molecule has 0 fully saturated rings. The molecular weight excluding hydrogens is 2000 g/mol. The van der Waals surface area contributed by atoms with E-state index in [-0.39, 0.29) is 85.8 Å². The van der Waals surface area contributed by atoms with Crippen LogP contribution >= 0.6 is 0 Å². The minimum absolute atomic E-state index is 0. The standard InChI is InChI=1S/C25H12NO2.C23H20N3O.C23H15N2.C19H16N.4Ir/c1-3-5-16-27-24-14-13-21(19-25(24)28-17-6-4-2)20-10-9-11-22(18-20)23-12-7-8-15-26-23;1-23(2,3)19-12-10-16(11-13-19)21-25-26-22(27-21)18-8-6-7-17(15-18)20-9-4-5-14-24-20;1-3-13-22-19(10-1)20-11-2-4-14-23(20)25(22)18-9-7-8-17(16-18)21-12-5-6-15-24-21;1-14-9-10-15(2)18(12-14)16-6-5-7-17(13-16)19-8-3-4-11-20-19;;;;/h1-2,7-10,12-15,18-19H;4-6,8-15H,1-3H3;1-7,9-16H;3-6,8-13H,1-2H3;;;;/q4*-1;;;;. The van der Waals surface area contributed by atoms with Crippen LogP contribution < -0.4 is 9.47 Å². The molecule has 15 aromatic rings. The van der Waals surface area contributed by atoms with Crippen LogP contribution in [0.3, 0.4) is 0 Å². The number of aromatic nitrogens is 7. The molecule has 0 N–H and O–H groups in total. The Morgan fingerprint density at radius 1 is 0.404 bits per heavy atom. The number of rotatable bonds is 11. The first kappa shape index (κ1) is 78.7. The fourth-order valence-corrected chi connectivity index (χ4v) is 11.0. The molecule has 15 rings (SSSR count). The van der Waals surface area contributed by atoms with Crippen LogP contribution in [0.2, 0.25) is 0 Å². The average molecular weight is 2060 g/mol. The molecule has 0 spiro atoms. The first-order chi connectivity index (χ1) is 49.0. The number of para-hydroxylation sites is 2. The number of benzene rings is 9. The molecule has 0 saturated carbocycles. The number of nitrogens with zero attached hydrogens (tertiary/aromatic N) is 7. The maximum Gasteiger partial charge on any atom is 0.248 e. The first-order valence-electron chi connectivity index (χ1n) is 32.1. The molecule has 0 amide bonds. The minimum Gasteiger partial charge on any atom is -0.418 e. The van der Waals surface area contributed by atoms with E-state index in [1.54, 1.807) is 24.5 Å². The van der Waals surface area contributed by atoms with Gasteiger partial charge in [-0.2, -0.15) is 0 Å². The molecule has 14 heteroatoms. The van der Waals surface area contributed by atoms with Gasteiger partial charge in [-0.15, -0.1) is 153 Å². The second-order valence-electron chi connectivity index (χ2n) is 23.8. The Bertz CT molecular complexity index is 5500. The van der Waals surface area contributed by atoms with E-state index >= 15 is 0 Å². The molecule has 6 aromatic heterocycles. The summed E-state index contributed by atoms with van der Waals surface area (Å²) in [4.78, 5) is 17.6. The molecule has 0 saturated heterocycles. The molecule has 0 bridgehead atoms. The predicted octanol–water partition coefficient (Wildman–Crippen LogP) is 20.2. The molecular formula is C90H63Ir4N7O3-4. The van der Waals surface area contributed by atoms with E-state index in [9.17, 15) is 0 Å². The number of pyridine rings is 4. The third-order valence-corrected chi connectivity index (χ3v) is 16.0. The summed E-state index contributed by atoms with van der Waals surface area (Å²) >= 11 is 0. The van der Waals surface area contributed by atoms with Gasteiger partial charge < -0.3 is 38.4 Å². The van der Waals surface area contributed by atoms with Crippen molar-refractivity contribution in [3.8, 4) is 156 Å². The van der Waals surface area contributed by atoms with Crippen molar-refractivity contribution in [2.75, 3.05) is 0 Å². The Labute approximate surface area is 661 Å². The van der Waals surface area contributed by atoms with Gasteiger partial charge in [0.25, 0.3) is 0 Å². The van der Waals surface area contributed by atoms with Crippen LogP contribution in [-0.4, -0.2) is 34.7 Å². The van der Waals surface area contributed by atoms with Gasteiger partial charge in [0.05, 0.1) is 11.0 Å². The van der Waals surface area contributed by atoms with Gasteiger partial charge in [-0.05, 0) is 148 Å². The Morgan fingerprint density at radius 2 is 0.827 bits per heavy atom. The summed E-state index contributed by atoms with van der Waals surface area (Å²) in [7, 11) is 0. The summed E-state index contributed by atoms with van der Waals surface area (Å²) in [6.07, 6.45) is 22.2. The van der Waals surface area contributed by atoms with Gasteiger partial charge in [-0.3, -0.25) is 0 Å². The van der Waals surface area contributed by atoms with E-state index in [1.165, 1.54) is 49.6 Å². The van der Waals surface area contributed by atoms with Crippen LogP contribution in [0.5, 0.6) is 11.5 Å². The fraction of sp³-hybridized carbons (Fsp3) is 0.0667. The van der Waals surface area contributed by atoms with Gasteiger partial charge in [-0.1, -0.05) is 148 Å². The van der Waals surface area contributed by atoms with Crippen LogP contribution in [0.1, 0.15) is 37.5 Å². The maximum absolute atomic E-state index is 5.92. The van der Waals surface area contributed by atoms with E-state index in [1.807, 2.05) is 152 Å². The third-order valence-electron chi connectivity index (χ3n) is 16.0. The maximum atomic E-state index is 5.92. The zero-order chi connectivity index (χ0) is 69.1. The topological polar surface area (TPSA) is 114 Å². The number of aryl methyl sites for hydroxylation is 2. The summed E-state index contributed by atoms with van der Waals surface area (Å²) in [6.45, 7) is 10.8. The van der Waals surface area contributed by atoms with Gasteiger partial charge >= 0.3 is 0 Å². The van der Waals surface area contributed by atoms with Crippen molar-refractivity contribution in [3.05, 3.63) is 321 Å². The Kier molecular flexibility index (Phi) is 29.0. The number of terminal acetylenes is 2. The van der Waals surface area contributed by atoms with Crippen molar-refractivity contribution in [2.45, 2.75) is 40.0 Å². The number of fused-ring (bicyclic) bond motifs is 3. The van der Waals surface area contributed by atoms with E-state index in [0.717, 1.165) is 73.0 Å². The normalized spacial score (nSPS) is 10.1. The first-order valence-corrected chi connectivity index (χ1v) is 32.1. The Morgan fingerprint density at radius 3 is 1.33 bits per heavy atom. The quantitative estimate of drug-likeness (QED) is 0.0922. The van der Waals surface area contributed by atoms with Gasteiger partial charge in [0.2, 0.25) is 11.8 Å². The zero-order valence-electron chi connectivity index (χ0n) is 56.9. The summed E-state index contributed by atoms with van der Waals surface area (Å²) < 4.78 is 19.0. The molecule has 4 radical (unpaired) electrons. The SMILES string of the molecule is C#CC#COc1ccc(-c2cc[c-]c(-c3ccccn3)c2)cc1OC#CC#C.CC(C)(C)c1ccc(-c2nnc(-c3cc[c-]c(-c4ccccn4)c3)o2)cc1.Cc1ccc(C)c(-c2cc[c-]c(-c3ccccn3)c2)c1.[Ir].[Ir].[Ir].[Ir].[c-]1ccc(-n2c3ccccc3c3ccccc32)cc1-c1ccccn1. The largest absolute Gasteiger partial charge is 0.418 e. The summed E-state index contributed by atoms with van der Waals surface area (Å²) in [5, 5.41) is 11.0. The van der Waals surface area contributed by atoms with Crippen molar-refractivity contribution in [3.63, 3.8) is 0 Å². The van der Waals surface area contributed by atoms with Crippen LogP contribution in [0.4, 0.5) is 0 Å². The van der Waals surface area contributed by atoms with Gasteiger partial charge in [0.1, 0.15) is 12.2 Å². The van der Waals surface area contributed by atoms with E-state index in [0.29, 0.717) is 23.3 Å². The van der Waals surface area contributed by atoms with Gasteiger partial charge in [-0.25, -0.2) is 0 Å². The minimum atomic E-state index is 0. The molecule has 0 aliphatic heterocycles. The molecule has 10 nitrogen and oxygen atoms in total. The average Bonchev–Trinajstić information content (AvgIpc) is 1.60. The van der Waals surface area contributed by atoms with Crippen molar-refractivity contribution in [2.24, 2.45) is 0 Å². The van der Waals surface area contributed by atoms with Gasteiger partial charge in [0.15, 0.2) is 11.5 Å². The number of hydrogen-bond donors (Lipinski definition) is 0. The van der Waals surface area contributed by atoms with Crippen LogP contribution in [-0.2, 0) is 85.8 Å². The van der Waals surface area contributed by atoms with E-state index < -0.39 is 0 Å². The predicted molar refractivity (Wildman–Crippen MR) is 401 cm³/mol. The molecule has 516 valence electrons. The van der Waals surface area contributed by atoms with Crippen molar-refractivity contribution in [1.29, 1.82) is 0 Å². The summed E-state index contributed by atoms with van der Waals surface area (Å²) in [5.41, 5.74) is 21.0. The molecule has 0 aliphatic rings. The molecule has 6 heterocycles. The second-order valence-corrected chi connectivity index (χ2v) is 23.8. The van der Waals surface area contributed by atoms with Crippen LogP contribution in [0, 0.1) is 86.9 Å². The second kappa shape index (κ2) is 38.3. The Balaban J connectivity index is 0.000000174. The monoisotopic (exact) mass is 2060 g/mol. The summed E-state index contributed by atoms with van der Waals surface area (Å²) in [5.74, 6) is 10.9. The van der Waals surface area contributed by atoms with E-state index in [2.05, 4.69) is 233 Å². The zero-order valence-corrected chi connectivity index (χ0v) is 66.5. The van der Waals surface area contributed by atoms with Crippen molar-refractivity contribution >= 4 is 21.8 Å². The smallest absolute Gasteiger partial charge is 0.248 e. The van der Waals surface area contributed by atoms with E-state index in [4.69, 9.17) is 26.7 Å².